The molecule has 0 amide bonds. The highest BCUT2D eigenvalue weighted by Crippen LogP contribution is 2.22. The summed E-state index contributed by atoms with van der Waals surface area (Å²) in [5.41, 5.74) is -0.127. The topological polar surface area (TPSA) is 114 Å². The lowest BCUT2D eigenvalue weighted by atomic mass is 10.4. The average Bonchev–Trinajstić information content (AvgIpc) is 2.75. The molecular weight excluding hydrogens is 327 g/mol. The zero-order valence-electron chi connectivity index (χ0n) is 9.87. The maximum Gasteiger partial charge on any atom is 0.267 e. The number of nitrogens with one attached hydrogen (secondary N) is 1. The number of hydrogen-bond donors (Lipinski definition) is 1. The van der Waals surface area contributed by atoms with E-state index in [0.29, 0.717) is 0 Å². The highest BCUT2D eigenvalue weighted by atomic mass is 35.5. The maximum absolute atomic E-state index is 12.0. The van der Waals surface area contributed by atoms with Gasteiger partial charge in [0.05, 0.1) is 6.20 Å². The van der Waals surface area contributed by atoms with Crippen LogP contribution in [0.15, 0.2) is 17.3 Å². The van der Waals surface area contributed by atoms with Gasteiger partial charge in [-0.2, -0.15) is 20.3 Å². The Bertz CT molecular complexity index is 787. The molecule has 20 heavy (non-hydrogen) atoms. The van der Waals surface area contributed by atoms with Crippen LogP contribution in [0.5, 0.6) is 0 Å². The first kappa shape index (κ1) is 14.5. The van der Waals surface area contributed by atoms with Crippen LogP contribution in [0.3, 0.4) is 0 Å². The monoisotopic (exact) mass is 332 g/mol. The minimum absolute atomic E-state index is 0.0693. The summed E-state index contributed by atoms with van der Waals surface area (Å²) in [6, 6.07) is 1.71. The third kappa shape index (κ3) is 2.82. The lowest BCUT2D eigenvalue weighted by molar-refractivity contribution is 0.600. The van der Waals surface area contributed by atoms with Crippen molar-refractivity contribution in [2.75, 3.05) is 4.72 Å². The van der Waals surface area contributed by atoms with Gasteiger partial charge in [-0.05, 0) is 0 Å². The zero-order chi connectivity index (χ0) is 14.9. The Morgan fingerprint density at radius 1 is 1.35 bits per heavy atom. The molecule has 11 heteroatoms. The van der Waals surface area contributed by atoms with Gasteiger partial charge in [-0.25, -0.2) is 13.1 Å². The van der Waals surface area contributed by atoms with Crippen molar-refractivity contribution < 1.29 is 8.42 Å². The highest BCUT2D eigenvalue weighted by Gasteiger charge is 2.19. The van der Waals surface area contributed by atoms with Gasteiger partial charge >= 0.3 is 0 Å². The second-order valence-electron chi connectivity index (χ2n) is 3.57. The Morgan fingerprint density at radius 2 is 1.95 bits per heavy atom. The molecule has 0 saturated carbocycles. The van der Waals surface area contributed by atoms with Gasteiger partial charge < -0.3 is 0 Å². The summed E-state index contributed by atoms with van der Waals surface area (Å²) >= 11 is 11.4. The standard InChI is InChI=1S/C9H6Cl2N6O2S/c1-17-4-5(3-13-17)20(18,19)16-9-14-7(10)6(2-12)8(11)15-9/h3-4H,1H3,(H,14,15,16). The molecule has 2 heterocycles. The number of halogens is 2. The van der Waals surface area contributed by atoms with Crippen LogP contribution < -0.4 is 4.72 Å². The summed E-state index contributed by atoms with van der Waals surface area (Å²) in [4.78, 5) is 7.24. The molecule has 0 fully saturated rings. The van der Waals surface area contributed by atoms with Crippen molar-refractivity contribution in [3.8, 4) is 6.07 Å². The Hall–Kier alpha value is -1.89. The van der Waals surface area contributed by atoms with Gasteiger partial charge in [-0.3, -0.25) is 4.68 Å². The van der Waals surface area contributed by atoms with Crippen molar-refractivity contribution in [1.82, 2.24) is 19.7 Å². The third-order valence-electron chi connectivity index (χ3n) is 2.15. The van der Waals surface area contributed by atoms with Crippen molar-refractivity contribution in [3.05, 3.63) is 28.3 Å². The third-order valence-corrected chi connectivity index (χ3v) is 3.98. The molecule has 2 aromatic rings. The summed E-state index contributed by atoms with van der Waals surface area (Å²) in [6.07, 6.45) is 2.46. The summed E-state index contributed by atoms with van der Waals surface area (Å²) in [6.45, 7) is 0. The van der Waals surface area contributed by atoms with Gasteiger partial charge in [-0.1, -0.05) is 23.2 Å². The fraction of sp³-hybridized carbons (Fsp3) is 0.111. The van der Waals surface area contributed by atoms with E-state index < -0.39 is 10.0 Å². The molecule has 1 N–H and O–H groups in total. The van der Waals surface area contributed by atoms with E-state index in [2.05, 4.69) is 19.8 Å². The van der Waals surface area contributed by atoms with Crippen LogP contribution in [0.2, 0.25) is 10.3 Å². The molecule has 2 rings (SSSR count). The van der Waals surface area contributed by atoms with Crippen LogP contribution in [0.1, 0.15) is 5.56 Å². The Balaban J connectivity index is 2.38. The van der Waals surface area contributed by atoms with Crippen LogP contribution in [0, 0.1) is 11.3 Å². The SMILES string of the molecule is Cn1cc(S(=O)(=O)Nc2nc(Cl)c(C#N)c(Cl)n2)cn1. The second-order valence-corrected chi connectivity index (χ2v) is 5.97. The molecule has 0 aliphatic rings. The van der Waals surface area contributed by atoms with E-state index in [-0.39, 0.29) is 26.7 Å². The van der Waals surface area contributed by atoms with Crippen molar-refractivity contribution in [2.24, 2.45) is 7.05 Å². The molecule has 0 spiro atoms. The number of aryl methyl sites for hydroxylation is 1. The van der Waals surface area contributed by atoms with E-state index in [4.69, 9.17) is 28.5 Å². The number of aromatic nitrogens is 4. The molecule has 104 valence electrons. The molecule has 0 saturated heterocycles. The van der Waals surface area contributed by atoms with Crippen LogP contribution in [0.4, 0.5) is 5.95 Å². The lowest BCUT2D eigenvalue weighted by Crippen LogP contribution is -2.15. The number of hydrogen-bond acceptors (Lipinski definition) is 6. The van der Waals surface area contributed by atoms with Crippen LogP contribution >= 0.6 is 23.2 Å². The predicted octanol–water partition coefficient (Wildman–Crippen LogP) is 1.19. The molecule has 2 aromatic heterocycles. The van der Waals surface area contributed by atoms with Crippen molar-refractivity contribution in [3.63, 3.8) is 0 Å². The fourth-order valence-electron chi connectivity index (χ4n) is 1.26. The van der Waals surface area contributed by atoms with Gasteiger partial charge in [0.25, 0.3) is 10.0 Å². The van der Waals surface area contributed by atoms with Crippen molar-refractivity contribution in [2.45, 2.75) is 4.90 Å². The van der Waals surface area contributed by atoms with Gasteiger partial charge in [0.1, 0.15) is 16.5 Å². The minimum Gasteiger partial charge on any atom is -0.274 e. The number of nitrogens with zero attached hydrogens (tertiary/aromatic N) is 5. The van der Waals surface area contributed by atoms with E-state index >= 15 is 0 Å². The number of anilines is 1. The predicted molar refractivity (Wildman–Crippen MR) is 70.8 cm³/mol. The summed E-state index contributed by atoms with van der Waals surface area (Å²) in [5, 5.41) is 12.0. The molecule has 8 nitrogen and oxygen atoms in total. The Labute approximate surface area is 124 Å². The first-order valence-electron chi connectivity index (χ1n) is 4.98. The average molecular weight is 333 g/mol. The van der Waals surface area contributed by atoms with E-state index in [9.17, 15) is 8.42 Å². The molecule has 0 unspecified atom stereocenters. The smallest absolute Gasteiger partial charge is 0.267 e. The number of nitriles is 1. The fourth-order valence-corrected chi connectivity index (χ4v) is 2.66. The second kappa shape index (κ2) is 5.24. The van der Waals surface area contributed by atoms with Gasteiger partial charge in [-0.15, -0.1) is 0 Å². The molecule has 0 radical (unpaired) electrons. The van der Waals surface area contributed by atoms with Gasteiger partial charge in [0.15, 0.2) is 10.3 Å². The molecule has 0 atom stereocenters. The summed E-state index contributed by atoms with van der Waals surface area (Å²) < 4.78 is 27.4. The molecule has 0 aliphatic heterocycles. The van der Waals surface area contributed by atoms with Gasteiger partial charge in [0.2, 0.25) is 5.95 Å². The van der Waals surface area contributed by atoms with Gasteiger partial charge in [0, 0.05) is 13.2 Å². The van der Waals surface area contributed by atoms with Crippen LogP contribution in [-0.4, -0.2) is 28.2 Å². The molecular formula is C9H6Cl2N6O2S. The van der Waals surface area contributed by atoms with Crippen LogP contribution in [0.25, 0.3) is 0 Å². The Kier molecular flexibility index (Phi) is 3.80. The molecule has 0 bridgehead atoms. The minimum atomic E-state index is -3.90. The van der Waals surface area contributed by atoms with E-state index in [1.54, 1.807) is 13.1 Å². The quantitative estimate of drug-likeness (QED) is 0.844. The highest BCUT2D eigenvalue weighted by molar-refractivity contribution is 7.92. The van der Waals surface area contributed by atoms with Crippen molar-refractivity contribution >= 4 is 39.2 Å². The zero-order valence-corrected chi connectivity index (χ0v) is 12.2. The normalized spacial score (nSPS) is 11.1. The van der Waals surface area contributed by atoms with E-state index in [1.807, 2.05) is 0 Å². The maximum atomic E-state index is 12.0. The first-order chi connectivity index (χ1) is 9.33. The molecule has 0 aliphatic carbocycles. The summed E-state index contributed by atoms with van der Waals surface area (Å²) in [7, 11) is -2.33. The summed E-state index contributed by atoms with van der Waals surface area (Å²) in [5.74, 6) is -0.331. The van der Waals surface area contributed by atoms with E-state index in [0.717, 1.165) is 6.20 Å². The number of sulfonamides is 1. The van der Waals surface area contributed by atoms with E-state index in [1.165, 1.54) is 10.9 Å². The van der Waals surface area contributed by atoms with Crippen LogP contribution in [-0.2, 0) is 17.1 Å². The van der Waals surface area contributed by atoms with Crippen molar-refractivity contribution in [1.29, 1.82) is 5.26 Å². The lowest BCUT2D eigenvalue weighted by Gasteiger charge is -2.06. The Morgan fingerprint density at radius 3 is 2.40 bits per heavy atom. The number of rotatable bonds is 3. The largest absolute Gasteiger partial charge is 0.274 e. The molecule has 0 aromatic carbocycles. The first-order valence-corrected chi connectivity index (χ1v) is 7.22.